The van der Waals surface area contributed by atoms with Gasteiger partial charge in [-0.1, -0.05) is 0 Å². The number of halogens is 2. The van der Waals surface area contributed by atoms with E-state index in [1.807, 2.05) is 0 Å². The van der Waals surface area contributed by atoms with Crippen molar-refractivity contribution < 1.29 is 16.8 Å². The zero-order valence-electron chi connectivity index (χ0n) is 20.3. The molecule has 1 aromatic carbocycles. The van der Waals surface area contributed by atoms with Crippen LogP contribution in [-0.4, -0.2) is 26.7 Å². The number of fused-ring (bicyclic) bond motifs is 1. The average molecular weight is 574 g/mol. The molecule has 0 aliphatic heterocycles. The van der Waals surface area contributed by atoms with Gasteiger partial charge in [0.25, 0.3) is 0 Å². The molecule has 0 saturated carbocycles. The molecule has 0 aromatic heterocycles. The Hall–Kier alpha value is 0.994. The van der Waals surface area contributed by atoms with Crippen molar-refractivity contribution in [2.45, 2.75) is 78.4 Å². The molecule has 2 nitrogen and oxygen atoms in total. The normalized spacial score (nSPS) is 20.5. The minimum Gasteiger partial charge on any atom is -0.147 e. The summed E-state index contributed by atoms with van der Waals surface area (Å²) in [5, 5.41) is 0. The molecule has 1 aromatic rings. The molecule has 0 spiro atoms. The first-order valence-electron chi connectivity index (χ1n) is 10.6. The predicted molar refractivity (Wildman–Crippen MR) is 144 cm³/mol. The Morgan fingerprint density at radius 2 is 1.66 bits per heavy atom. The molecular weight excluding hydrogens is 529 g/mol. The van der Waals surface area contributed by atoms with Gasteiger partial charge in [0.05, 0.1) is 0 Å². The third-order valence-corrected chi connectivity index (χ3v) is 107. The molecular formula is C21H45Cl2NOSi3Zr. The molecule has 0 heterocycles. The number of rotatable bonds is 6. The van der Waals surface area contributed by atoms with Gasteiger partial charge in [0.1, 0.15) is 0 Å². The molecule has 8 heteroatoms. The number of allylic oxidation sites excluding steroid dienone is 1. The number of hydrogen-bond donors (Lipinski definition) is 1. The molecule has 0 radical (unpaired) electrons. The van der Waals surface area contributed by atoms with Crippen molar-refractivity contribution in [1.29, 1.82) is 0 Å². The van der Waals surface area contributed by atoms with Crippen LogP contribution in [0.25, 0.3) is 6.08 Å². The van der Waals surface area contributed by atoms with Crippen LogP contribution in [0.1, 0.15) is 42.4 Å². The van der Waals surface area contributed by atoms with E-state index in [1.165, 1.54) is 11.1 Å². The van der Waals surface area contributed by atoms with E-state index in [4.69, 9.17) is 2.50 Å². The van der Waals surface area contributed by atoms with Crippen LogP contribution in [0.2, 0.25) is 41.5 Å². The average Bonchev–Trinajstić information content (AvgIpc) is 2.89. The maximum Gasteiger partial charge on any atom is -0.147 e. The van der Waals surface area contributed by atoms with Crippen LogP contribution in [0.15, 0.2) is 30.3 Å². The van der Waals surface area contributed by atoms with Gasteiger partial charge in [-0.2, -0.15) is 0 Å². The fourth-order valence-corrected chi connectivity index (χ4v) is 90.0. The fraction of sp³-hybridized carbons (Fsp3) is 0.619. The minimum absolute atomic E-state index is 0. The van der Waals surface area contributed by atoms with E-state index in [0.717, 1.165) is 4.13 Å². The van der Waals surface area contributed by atoms with E-state index in [0.29, 0.717) is 3.63 Å². The maximum absolute atomic E-state index is 7.86. The fourth-order valence-electron chi connectivity index (χ4n) is 6.55. The Morgan fingerprint density at radius 3 is 2.07 bits per heavy atom. The first-order valence-corrected chi connectivity index (χ1v) is 34.9. The minimum atomic E-state index is -5.00. The SMILES string of the molecule is C[CH2][Zr]([CH3])(=[SiH2])([NH]C(C)(C)C)([O][Si](C)(C)C)([CH]1C=Cc2ccccc21)[SiH](C)C.Cl.Cl. The Kier molecular flexibility index (Phi) is 7.77. The molecule has 1 N–H and O–H groups in total. The van der Waals surface area contributed by atoms with E-state index in [2.05, 4.69) is 112 Å². The summed E-state index contributed by atoms with van der Waals surface area (Å²) in [5.41, 5.74) is 2.86. The smallest absolute Gasteiger partial charge is 0.147 e. The van der Waals surface area contributed by atoms with Gasteiger partial charge in [-0.3, -0.25) is 0 Å². The zero-order valence-corrected chi connectivity index (χ0v) is 27.9. The van der Waals surface area contributed by atoms with Crippen LogP contribution in [0.4, 0.5) is 0 Å². The second-order valence-electron chi connectivity index (χ2n) is 12.8. The van der Waals surface area contributed by atoms with Crippen molar-refractivity contribution in [3.63, 3.8) is 0 Å². The van der Waals surface area contributed by atoms with Gasteiger partial charge in [-0.15, -0.1) is 24.8 Å². The number of hydrogen-bond acceptors (Lipinski definition) is 2. The first kappa shape index (κ1) is 30.0. The summed E-state index contributed by atoms with van der Waals surface area (Å²) in [6.45, 7) is 24.1. The molecule has 0 fully saturated rings. The van der Waals surface area contributed by atoms with Gasteiger partial charge in [0, 0.05) is 0 Å². The maximum atomic E-state index is 7.86. The van der Waals surface area contributed by atoms with E-state index in [-0.39, 0.29) is 30.4 Å². The van der Waals surface area contributed by atoms with E-state index in [9.17, 15) is 0 Å². The van der Waals surface area contributed by atoms with Crippen molar-refractivity contribution in [3.8, 4) is 0 Å². The molecule has 1 unspecified atom stereocenters. The summed E-state index contributed by atoms with van der Waals surface area (Å²) in [6, 6.07) is 9.00. The van der Waals surface area contributed by atoms with Gasteiger partial charge in [-0.25, -0.2) is 0 Å². The number of benzene rings is 1. The van der Waals surface area contributed by atoms with Crippen LogP contribution in [0.3, 0.4) is 0 Å². The largest absolute Gasteiger partial charge is 0.147 e. The molecule has 1 aliphatic carbocycles. The summed E-state index contributed by atoms with van der Waals surface area (Å²) in [6.07, 6.45) is 4.86. The molecule has 170 valence electrons. The van der Waals surface area contributed by atoms with Crippen molar-refractivity contribution in [1.82, 2.24) is 3.26 Å². The van der Waals surface area contributed by atoms with Crippen molar-refractivity contribution in [2.24, 2.45) is 0 Å². The van der Waals surface area contributed by atoms with Gasteiger partial charge < -0.3 is 0 Å². The second-order valence-corrected chi connectivity index (χ2v) is 88.2. The van der Waals surface area contributed by atoms with E-state index < -0.39 is 28.6 Å². The third kappa shape index (κ3) is 4.44. The predicted octanol–water partition coefficient (Wildman–Crippen LogP) is 6.45. The van der Waals surface area contributed by atoms with Crippen molar-refractivity contribution >= 4 is 52.0 Å². The van der Waals surface area contributed by atoms with Crippen LogP contribution in [0.5, 0.6) is 0 Å². The third-order valence-electron chi connectivity index (χ3n) is 8.19. The van der Waals surface area contributed by atoms with Crippen LogP contribution < -0.4 is 3.26 Å². The molecule has 1 aliphatic rings. The monoisotopic (exact) mass is 571 g/mol. The molecule has 2 rings (SSSR count). The summed E-state index contributed by atoms with van der Waals surface area (Å²) < 4.78 is 16.4. The molecule has 29 heavy (non-hydrogen) atoms. The molecule has 1 atom stereocenters. The van der Waals surface area contributed by atoms with Crippen LogP contribution in [0, 0.1) is 0 Å². The van der Waals surface area contributed by atoms with Crippen LogP contribution >= 0.6 is 24.8 Å². The summed E-state index contributed by atoms with van der Waals surface area (Å²) in [4.78, 5) is 0. The first-order chi connectivity index (χ1) is 11.9. The van der Waals surface area contributed by atoms with Gasteiger partial charge in [0.15, 0.2) is 0 Å². The van der Waals surface area contributed by atoms with Gasteiger partial charge >= 0.3 is 167 Å². The quantitative estimate of drug-likeness (QED) is 0.395. The van der Waals surface area contributed by atoms with Crippen molar-refractivity contribution in [3.05, 3.63) is 41.5 Å². The molecule has 0 saturated heterocycles. The van der Waals surface area contributed by atoms with Gasteiger partial charge in [-0.05, 0) is 0 Å². The Balaban J connectivity index is 0.00000392. The number of nitrogens with one attached hydrogen (secondary N) is 1. The summed E-state index contributed by atoms with van der Waals surface area (Å²) >= 11 is -5.00. The van der Waals surface area contributed by atoms with E-state index >= 15 is 0 Å². The Labute approximate surface area is 190 Å². The summed E-state index contributed by atoms with van der Waals surface area (Å²) in [7, 11) is -1.85. The molecule has 0 bridgehead atoms. The van der Waals surface area contributed by atoms with Gasteiger partial charge in [0.2, 0.25) is 0 Å². The van der Waals surface area contributed by atoms with Crippen molar-refractivity contribution in [2.75, 3.05) is 0 Å². The van der Waals surface area contributed by atoms with E-state index in [1.54, 1.807) is 0 Å². The van der Waals surface area contributed by atoms with Crippen LogP contribution in [-0.2, 0) is 16.8 Å². The topological polar surface area (TPSA) is 21.3 Å². The zero-order chi connectivity index (χ0) is 21.1. The molecule has 0 amide bonds. The summed E-state index contributed by atoms with van der Waals surface area (Å²) in [5.74, 6) is -1.34. The standard InChI is InChI=1S/C9H7.C4H10N.C3H9OSi.C2H7Si.C2H5.CH3.2ClH.H2Si.Zr/c1-2-5-9-7-3-6-8(9)4-1;1-4(2,3)5;1-5(2,3)4;1-3-2;1-2;;;;;/h1-7H;5H,1-3H3;1-3H3;3H,1-2H3;1H2,2H3;1H3;2*1H;1H2;/q;2*-1;;;;;;;+2. The Morgan fingerprint density at radius 1 is 1.14 bits per heavy atom. The second kappa shape index (κ2) is 7.51. The Bertz CT molecular complexity index is 909.